The summed E-state index contributed by atoms with van der Waals surface area (Å²) < 4.78 is 5.05. The first-order valence-electron chi connectivity index (χ1n) is 5.88. The maximum Gasteiger partial charge on any atom is 0.237 e. The normalized spacial score (nSPS) is 11.5. The van der Waals surface area contributed by atoms with E-state index in [0.717, 1.165) is 0 Å². The zero-order chi connectivity index (χ0) is 14.3. The number of rotatable bonds is 6. The lowest BCUT2D eigenvalue weighted by atomic mass is 10.3. The predicted octanol–water partition coefficient (Wildman–Crippen LogP) is 1.77. The third kappa shape index (κ3) is 5.61. The highest BCUT2D eigenvalue weighted by Crippen LogP contribution is 2.16. The largest absolute Gasteiger partial charge is 0.497 e. The number of hydrogen-bond donors (Lipinski definition) is 2. The van der Waals surface area contributed by atoms with Crippen molar-refractivity contribution in [1.29, 1.82) is 0 Å². The van der Waals surface area contributed by atoms with Gasteiger partial charge < -0.3 is 15.4 Å². The summed E-state index contributed by atoms with van der Waals surface area (Å²) in [6, 6.07) is 7.06. The van der Waals surface area contributed by atoms with Gasteiger partial charge in [0.05, 0.1) is 7.11 Å². The predicted molar refractivity (Wildman–Crippen MR) is 74.6 cm³/mol. The van der Waals surface area contributed by atoms with Gasteiger partial charge >= 0.3 is 0 Å². The van der Waals surface area contributed by atoms with Gasteiger partial charge in [-0.1, -0.05) is 6.07 Å². The molecule has 1 aromatic rings. The van der Waals surface area contributed by atoms with E-state index >= 15 is 0 Å². The summed E-state index contributed by atoms with van der Waals surface area (Å²) in [6.07, 6.45) is 0.187. The second-order valence-electron chi connectivity index (χ2n) is 3.94. The maximum atomic E-state index is 11.6. The molecule has 0 fully saturated rings. The molecule has 0 radical (unpaired) electrons. The van der Waals surface area contributed by atoms with Crippen LogP contribution >= 0.6 is 11.6 Å². The first-order chi connectivity index (χ1) is 9.02. The van der Waals surface area contributed by atoms with Crippen LogP contribution in [0.4, 0.5) is 5.69 Å². The van der Waals surface area contributed by atoms with Crippen LogP contribution < -0.4 is 15.4 Å². The minimum absolute atomic E-state index is 0.184. The summed E-state index contributed by atoms with van der Waals surface area (Å²) in [5, 5.41) is 4.69. The Balaban J connectivity index is 2.36. The van der Waals surface area contributed by atoms with Crippen LogP contribution in [0.25, 0.3) is 0 Å². The van der Waals surface area contributed by atoms with Gasteiger partial charge in [-0.25, -0.2) is 0 Å². The molecule has 0 saturated heterocycles. The molecule has 2 amide bonds. The molecular formula is C13H17ClN2O3. The van der Waals surface area contributed by atoms with Crippen molar-refractivity contribution in [3.8, 4) is 5.75 Å². The highest BCUT2D eigenvalue weighted by molar-refractivity contribution is 6.30. The minimum Gasteiger partial charge on any atom is -0.497 e. The molecule has 0 spiro atoms. The molecule has 1 unspecified atom stereocenters. The van der Waals surface area contributed by atoms with Crippen molar-refractivity contribution in [2.24, 2.45) is 0 Å². The monoisotopic (exact) mass is 284 g/mol. The summed E-state index contributed by atoms with van der Waals surface area (Å²) >= 11 is 5.58. The Kier molecular flexibility index (Phi) is 6.15. The average molecular weight is 285 g/mol. The molecule has 104 valence electrons. The lowest BCUT2D eigenvalue weighted by Crippen LogP contribution is -2.32. The van der Waals surface area contributed by atoms with E-state index in [-0.39, 0.29) is 24.8 Å². The lowest BCUT2D eigenvalue weighted by Gasteiger charge is -2.08. The first kappa shape index (κ1) is 15.3. The summed E-state index contributed by atoms with van der Waals surface area (Å²) in [6.45, 7) is 1.83. The van der Waals surface area contributed by atoms with Crippen molar-refractivity contribution < 1.29 is 14.3 Å². The number of amides is 2. The zero-order valence-corrected chi connectivity index (χ0v) is 11.7. The van der Waals surface area contributed by atoms with Crippen LogP contribution in [0.5, 0.6) is 5.75 Å². The molecule has 1 rings (SSSR count). The Labute approximate surface area is 117 Å². The van der Waals surface area contributed by atoms with E-state index in [9.17, 15) is 9.59 Å². The van der Waals surface area contributed by atoms with Crippen molar-refractivity contribution in [3.63, 3.8) is 0 Å². The van der Waals surface area contributed by atoms with Crippen molar-refractivity contribution in [1.82, 2.24) is 5.32 Å². The van der Waals surface area contributed by atoms with Crippen molar-refractivity contribution >= 4 is 29.1 Å². The van der Waals surface area contributed by atoms with E-state index < -0.39 is 5.38 Å². The Morgan fingerprint density at radius 1 is 1.42 bits per heavy atom. The number of alkyl halides is 1. The highest BCUT2D eigenvalue weighted by atomic mass is 35.5. The van der Waals surface area contributed by atoms with E-state index in [1.54, 1.807) is 38.3 Å². The van der Waals surface area contributed by atoms with Gasteiger partial charge in [0, 0.05) is 24.7 Å². The zero-order valence-electron chi connectivity index (χ0n) is 10.9. The quantitative estimate of drug-likeness (QED) is 0.782. The standard InChI is InChI=1S/C13H17ClN2O3/c1-9(14)13(18)15-7-6-12(17)16-10-4-3-5-11(8-10)19-2/h3-5,8-9H,6-7H2,1-2H3,(H,15,18)(H,16,17). The number of hydrogen-bond acceptors (Lipinski definition) is 3. The lowest BCUT2D eigenvalue weighted by molar-refractivity contribution is -0.120. The van der Waals surface area contributed by atoms with Crippen LogP contribution in [0.2, 0.25) is 0 Å². The number of anilines is 1. The SMILES string of the molecule is COc1cccc(NC(=O)CCNC(=O)C(C)Cl)c1. The Morgan fingerprint density at radius 3 is 2.79 bits per heavy atom. The molecule has 0 aromatic heterocycles. The number of benzene rings is 1. The van der Waals surface area contributed by atoms with Gasteiger partial charge in [0.25, 0.3) is 0 Å². The van der Waals surface area contributed by atoms with Crippen LogP contribution in [0.15, 0.2) is 24.3 Å². The fraction of sp³-hybridized carbons (Fsp3) is 0.385. The van der Waals surface area contributed by atoms with Gasteiger partial charge in [0.15, 0.2) is 0 Å². The second-order valence-corrected chi connectivity index (χ2v) is 4.59. The third-order valence-corrected chi connectivity index (χ3v) is 2.56. The molecule has 1 atom stereocenters. The molecule has 19 heavy (non-hydrogen) atoms. The van der Waals surface area contributed by atoms with Crippen LogP contribution in [-0.2, 0) is 9.59 Å². The molecule has 1 aromatic carbocycles. The van der Waals surface area contributed by atoms with Crippen molar-refractivity contribution in [3.05, 3.63) is 24.3 Å². The molecule has 0 bridgehead atoms. The van der Waals surface area contributed by atoms with Crippen LogP contribution in [0, 0.1) is 0 Å². The third-order valence-electron chi connectivity index (χ3n) is 2.37. The highest BCUT2D eigenvalue weighted by Gasteiger charge is 2.09. The van der Waals surface area contributed by atoms with E-state index in [1.807, 2.05) is 0 Å². The number of nitrogens with one attached hydrogen (secondary N) is 2. The first-order valence-corrected chi connectivity index (χ1v) is 6.32. The van der Waals surface area contributed by atoms with Gasteiger partial charge in [-0.2, -0.15) is 0 Å². The fourth-order valence-corrected chi connectivity index (χ4v) is 1.44. The van der Waals surface area contributed by atoms with Gasteiger partial charge in [0.2, 0.25) is 11.8 Å². The number of methoxy groups -OCH3 is 1. The molecule has 0 aliphatic rings. The van der Waals surface area contributed by atoms with Crippen LogP contribution in [-0.4, -0.2) is 30.8 Å². The average Bonchev–Trinajstić information content (AvgIpc) is 2.38. The van der Waals surface area contributed by atoms with E-state index in [0.29, 0.717) is 11.4 Å². The van der Waals surface area contributed by atoms with Crippen molar-refractivity contribution in [2.45, 2.75) is 18.7 Å². The fourth-order valence-electron chi connectivity index (χ4n) is 1.36. The summed E-state index contributed by atoms with van der Waals surface area (Å²) in [4.78, 5) is 22.8. The van der Waals surface area contributed by atoms with E-state index in [2.05, 4.69) is 10.6 Å². The molecule has 0 aliphatic carbocycles. The number of halogens is 1. The molecule has 6 heteroatoms. The Morgan fingerprint density at radius 2 is 2.16 bits per heavy atom. The van der Waals surface area contributed by atoms with Crippen molar-refractivity contribution in [2.75, 3.05) is 19.0 Å². The molecular weight excluding hydrogens is 268 g/mol. The smallest absolute Gasteiger partial charge is 0.237 e. The van der Waals surface area contributed by atoms with E-state index in [1.165, 1.54) is 0 Å². The van der Waals surface area contributed by atoms with Crippen LogP contribution in [0.3, 0.4) is 0 Å². The number of carbonyl (C=O) groups is 2. The maximum absolute atomic E-state index is 11.6. The van der Waals surface area contributed by atoms with Gasteiger partial charge in [-0.05, 0) is 19.1 Å². The summed E-state index contributed by atoms with van der Waals surface area (Å²) in [5.41, 5.74) is 0.654. The number of carbonyl (C=O) groups excluding carboxylic acids is 2. The van der Waals surface area contributed by atoms with Gasteiger partial charge in [-0.15, -0.1) is 11.6 Å². The molecule has 0 aliphatic heterocycles. The van der Waals surface area contributed by atoms with Crippen LogP contribution in [0.1, 0.15) is 13.3 Å². The summed E-state index contributed by atoms with van der Waals surface area (Å²) in [5.74, 6) is 0.202. The number of ether oxygens (including phenoxy) is 1. The topological polar surface area (TPSA) is 67.4 Å². The molecule has 5 nitrogen and oxygen atoms in total. The van der Waals surface area contributed by atoms with Gasteiger partial charge in [0.1, 0.15) is 11.1 Å². The molecule has 2 N–H and O–H groups in total. The molecule has 0 heterocycles. The van der Waals surface area contributed by atoms with Gasteiger partial charge in [-0.3, -0.25) is 9.59 Å². The summed E-state index contributed by atoms with van der Waals surface area (Å²) in [7, 11) is 1.56. The minimum atomic E-state index is -0.596. The Hall–Kier alpha value is -1.75. The Bertz CT molecular complexity index is 449. The molecule has 0 saturated carbocycles. The van der Waals surface area contributed by atoms with E-state index in [4.69, 9.17) is 16.3 Å². The second kappa shape index (κ2) is 7.63.